The van der Waals surface area contributed by atoms with Crippen LogP contribution in [-0.4, -0.2) is 20.1 Å². The molecule has 0 bridgehead atoms. The number of hydrogen-bond donors (Lipinski definition) is 2. The molecule has 0 amide bonds. The van der Waals surface area contributed by atoms with Crippen molar-refractivity contribution in [2.24, 2.45) is 0 Å². The molecule has 10 heavy (non-hydrogen) atoms. The summed E-state index contributed by atoms with van der Waals surface area (Å²) in [5.74, 6) is 0. The van der Waals surface area contributed by atoms with E-state index in [1.807, 2.05) is 14.0 Å². The lowest BCUT2D eigenvalue weighted by molar-refractivity contribution is 0.691. The van der Waals surface area contributed by atoms with Crippen LogP contribution in [0.2, 0.25) is 0 Å². The maximum atomic E-state index is 3.31. The van der Waals surface area contributed by atoms with Gasteiger partial charge >= 0.3 is 0 Å². The molecular formula is C8H18N2. The maximum Gasteiger partial charge on any atom is 0.0350 e. The second-order valence-corrected chi connectivity index (χ2v) is 2.24. The van der Waals surface area contributed by atoms with Crippen LogP contribution in [0.4, 0.5) is 0 Å². The van der Waals surface area contributed by atoms with Gasteiger partial charge in [-0.15, -0.1) is 0 Å². The van der Waals surface area contributed by atoms with Crippen molar-refractivity contribution in [3.63, 3.8) is 0 Å². The Hall–Kier alpha value is -0.500. The van der Waals surface area contributed by atoms with Gasteiger partial charge in [-0.2, -0.15) is 0 Å². The summed E-state index contributed by atoms with van der Waals surface area (Å²) in [5, 5.41) is 6.42. The van der Waals surface area contributed by atoms with E-state index in [4.69, 9.17) is 0 Å². The molecule has 0 saturated heterocycles. The third-order valence-electron chi connectivity index (χ3n) is 1.41. The minimum absolute atomic E-state index is 0.959. The second kappa shape index (κ2) is 6.62. The van der Waals surface area contributed by atoms with Crippen LogP contribution in [0.15, 0.2) is 11.8 Å². The Labute approximate surface area is 63.7 Å². The summed E-state index contributed by atoms with van der Waals surface area (Å²) in [4.78, 5) is 0. The first-order valence-corrected chi connectivity index (χ1v) is 3.88. The van der Waals surface area contributed by atoms with E-state index in [0.29, 0.717) is 0 Å². The monoisotopic (exact) mass is 142 g/mol. The number of hydrogen-bond acceptors (Lipinski definition) is 2. The quantitative estimate of drug-likeness (QED) is 0.562. The highest BCUT2D eigenvalue weighted by molar-refractivity contribution is 4.98. The minimum atomic E-state index is 0.959. The molecule has 2 nitrogen and oxygen atoms in total. The van der Waals surface area contributed by atoms with Gasteiger partial charge in [0.05, 0.1) is 0 Å². The molecule has 0 aliphatic heterocycles. The van der Waals surface area contributed by atoms with Crippen molar-refractivity contribution < 1.29 is 0 Å². The van der Waals surface area contributed by atoms with Gasteiger partial charge in [0.2, 0.25) is 0 Å². The Kier molecular flexibility index (Phi) is 6.29. The third kappa shape index (κ3) is 4.39. The highest BCUT2D eigenvalue weighted by Gasteiger charge is 1.88. The van der Waals surface area contributed by atoms with Crippen LogP contribution in [0.5, 0.6) is 0 Å². The molecule has 2 N–H and O–H groups in total. The number of rotatable bonds is 5. The van der Waals surface area contributed by atoms with Crippen LogP contribution in [0.3, 0.4) is 0 Å². The van der Waals surface area contributed by atoms with Crippen molar-refractivity contribution in [1.29, 1.82) is 0 Å². The Morgan fingerprint density at radius 1 is 1.50 bits per heavy atom. The molecule has 0 unspecified atom stereocenters. The molecule has 0 atom stereocenters. The van der Waals surface area contributed by atoms with Crippen LogP contribution < -0.4 is 10.6 Å². The number of likely N-dealkylation sites (N-methyl/N-ethyl adjacent to an activating group) is 1. The fraction of sp³-hybridized carbons (Fsp3) is 0.750. The Balaban J connectivity index is 3.27. The molecule has 0 saturated carbocycles. The highest BCUT2D eigenvalue weighted by Crippen LogP contribution is 1.83. The molecule has 0 aliphatic rings. The van der Waals surface area contributed by atoms with Gasteiger partial charge in [0.1, 0.15) is 0 Å². The van der Waals surface area contributed by atoms with E-state index in [1.54, 1.807) is 0 Å². The van der Waals surface area contributed by atoms with Crippen molar-refractivity contribution in [2.75, 3.05) is 20.1 Å². The largest absolute Gasteiger partial charge is 0.391 e. The first-order chi connectivity index (χ1) is 4.85. The SMILES string of the molecule is C/C=C(/CNCCC)NC. The van der Waals surface area contributed by atoms with Crippen molar-refractivity contribution >= 4 is 0 Å². The summed E-state index contributed by atoms with van der Waals surface area (Å²) in [6.07, 6.45) is 3.28. The van der Waals surface area contributed by atoms with E-state index in [1.165, 1.54) is 12.1 Å². The molecule has 60 valence electrons. The highest BCUT2D eigenvalue weighted by atomic mass is 14.9. The van der Waals surface area contributed by atoms with Gasteiger partial charge in [-0.05, 0) is 19.9 Å². The van der Waals surface area contributed by atoms with E-state index >= 15 is 0 Å². The van der Waals surface area contributed by atoms with Crippen LogP contribution in [-0.2, 0) is 0 Å². The molecule has 0 aromatic heterocycles. The maximum absolute atomic E-state index is 3.31. The van der Waals surface area contributed by atoms with Crippen LogP contribution >= 0.6 is 0 Å². The summed E-state index contributed by atoms with van der Waals surface area (Å²) in [6, 6.07) is 0. The first kappa shape index (κ1) is 9.50. The van der Waals surface area contributed by atoms with Crippen molar-refractivity contribution in [2.45, 2.75) is 20.3 Å². The average molecular weight is 142 g/mol. The van der Waals surface area contributed by atoms with Gasteiger partial charge in [0.25, 0.3) is 0 Å². The van der Waals surface area contributed by atoms with Crippen LogP contribution in [0, 0.1) is 0 Å². The molecule has 0 spiro atoms. The lowest BCUT2D eigenvalue weighted by Crippen LogP contribution is -2.23. The fourth-order valence-corrected chi connectivity index (χ4v) is 0.735. The van der Waals surface area contributed by atoms with E-state index in [-0.39, 0.29) is 0 Å². The van der Waals surface area contributed by atoms with Gasteiger partial charge in [-0.3, -0.25) is 0 Å². The molecular weight excluding hydrogens is 124 g/mol. The zero-order valence-electron chi connectivity index (χ0n) is 7.20. The van der Waals surface area contributed by atoms with Gasteiger partial charge in [-0.1, -0.05) is 13.0 Å². The molecule has 0 aromatic carbocycles. The standard InChI is InChI=1S/C8H18N2/c1-4-6-10-7-8(5-2)9-3/h5,9-10H,4,6-7H2,1-3H3/b8-5-. The van der Waals surface area contributed by atoms with Gasteiger partial charge in [-0.25, -0.2) is 0 Å². The Morgan fingerprint density at radius 3 is 2.60 bits per heavy atom. The summed E-state index contributed by atoms with van der Waals surface area (Å²) >= 11 is 0. The van der Waals surface area contributed by atoms with Gasteiger partial charge < -0.3 is 10.6 Å². The summed E-state index contributed by atoms with van der Waals surface area (Å²) in [5.41, 5.74) is 1.26. The summed E-state index contributed by atoms with van der Waals surface area (Å²) in [7, 11) is 1.95. The third-order valence-corrected chi connectivity index (χ3v) is 1.41. The number of allylic oxidation sites excluding steroid dienone is 1. The molecule has 0 radical (unpaired) electrons. The van der Waals surface area contributed by atoms with Crippen molar-refractivity contribution in [3.8, 4) is 0 Å². The Bertz CT molecular complexity index is 97.4. The fourth-order valence-electron chi connectivity index (χ4n) is 0.735. The molecule has 0 rings (SSSR count). The predicted octanol–water partition coefficient (Wildman–Crippen LogP) is 1.11. The molecule has 2 heteroatoms. The van der Waals surface area contributed by atoms with Gasteiger partial charge in [0, 0.05) is 19.3 Å². The lowest BCUT2D eigenvalue weighted by Gasteiger charge is -2.06. The molecule has 0 heterocycles. The van der Waals surface area contributed by atoms with E-state index in [2.05, 4.69) is 23.6 Å². The van der Waals surface area contributed by atoms with Crippen LogP contribution in [0.25, 0.3) is 0 Å². The van der Waals surface area contributed by atoms with Crippen molar-refractivity contribution in [3.05, 3.63) is 11.8 Å². The van der Waals surface area contributed by atoms with Crippen LogP contribution in [0.1, 0.15) is 20.3 Å². The topological polar surface area (TPSA) is 24.1 Å². The number of nitrogens with one attached hydrogen (secondary N) is 2. The lowest BCUT2D eigenvalue weighted by atomic mass is 10.4. The first-order valence-electron chi connectivity index (χ1n) is 3.88. The van der Waals surface area contributed by atoms with Gasteiger partial charge in [0.15, 0.2) is 0 Å². The van der Waals surface area contributed by atoms with E-state index in [0.717, 1.165) is 13.1 Å². The predicted molar refractivity (Wildman–Crippen MR) is 46.0 cm³/mol. The average Bonchev–Trinajstić information content (AvgIpc) is 1.99. The molecule has 0 aliphatic carbocycles. The normalized spacial score (nSPS) is 11.7. The summed E-state index contributed by atoms with van der Waals surface area (Å²) in [6.45, 7) is 6.26. The zero-order valence-corrected chi connectivity index (χ0v) is 7.20. The summed E-state index contributed by atoms with van der Waals surface area (Å²) < 4.78 is 0. The smallest absolute Gasteiger partial charge is 0.0350 e. The van der Waals surface area contributed by atoms with Crippen molar-refractivity contribution in [1.82, 2.24) is 10.6 Å². The Morgan fingerprint density at radius 2 is 2.20 bits per heavy atom. The molecule has 0 aromatic rings. The second-order valence-electron chi connectivity index (χ2n) is 2.24. The van der Waals surface area contributed by atoms with E-state index in [9.17, 15) is 0 Å². The molecule has 0 fully saturated rings. The zero-order chi connectivity index (χ0) is 7.82. The minimum Gasteiger partial charge on any atom is -0.391 e. The van der Waals surface area contributed by atoms with E-state index < -0.39 is 0 Å².